The molecule has 18 heavy (non-hydrogen) atoms. The van der Waals surface area contributed by atoms with Gasteiger partial charge in [-0.15, -0.1) is 0 Å². The molecule has 1 heterocycles. The Hall–Kier alpha value is -0.0800. The van der Waals surface area contributed by atoms with Crippen LogP contribution in [-0.4, -0.2) is 36.6 Å². The summed E-state index contributed by atoms with van der Waals surface area (Å²) in [7, 11) is 0. The van der Waals surface area contributed by atoms with Gasteiger partial charge in [0.1, 0.15) is 0 Å². The van der Waals surface area contributed by atoms with Crippen molar-refractivity contribution in [3.63, 3.8) is 0 Å². The Morgan fingerprint density at radius 3 is 1.94 bits per heavy atom. The van der Waals surface area contributed by atoms with E-state index in [-0.39, 0.29) is 5.54 Å². The molecule has 0 unspecified atom stereocenters. The Morgan fingerprint density at radius 1 is 0.944 bits per heavy atom. The van der Waals surface area contributed by atoms with Crippen LogP contribution < -0.4 is 5.32 Å². The van der Waals surface area contributed by atoms with Crippen molar-refractivity contribution in [3.05, 3.63) is 0 Å². The number of nitrogens with zero attached hydrogens (tertiary/aromatic N) is 1. The Bertz CT molecular complexity index is 220. The third kappa shape index (κ3) is 5.27. The molecule has 108 valence electrons. The minimum atomic E-state index is 0.234. The van der Waals surface area contributed by atoms with Gasteiger partial charge in [-0.25, -0.2) is 0 Å². The van der Waals surface area contributed by atoms with Crippen molar-refractivity contribution in [2.24, 2.45) is 5.41 Å². The van der Waals surface area contributed by atoms with Crippen molar-refractivity contribution >= 4 is 0 Å². The summed E-state index contributed by atoms with van der Waals surface area (Å²) in [5.41, 5.74) is 0.697. The number of rotatable bonds is 6. The fourth-order valence-corrected chi connectivity index (χ4v) is 2.82. The summed E-state index contributed by atoms with van der Waals surface area (Å²) < 4.78 is 0. The smallest absolute Gasteiger partial charge is 0.00967 e. The first-order valence-corrected chi connectivity index (χ1v) is 7.88. The summed E-state index contributed by atoms with van der Waals surface area (Å²) in [4.78, 5) is 2.70. The predicted octanol–water partition coefficient (Wildman–Crippen LogP) is 3.67. The van der Waals surface area contributed by atoms with Crippen LogP contribution in [0.25, 0.3) is 0 Å². The summed E-state index contributed by atoms with van der Waals surface area (Å²) in [6.45, 7) is 16.6. The summed E-state index contributed by atoms with van der Waals surface area (Å²) in [6, 6.07) is 0. The van der Waals surface area contributed by atoms with Crippen LogP contribution in [0.4, 0.5) is 0 Å². The standard InChI is InChI=1S/C16H34N2/c1-6-16(7-2,13-17-15(3,4)5)14-18-11-9-8-10-12-18/h17H,6-14H2,1-5H3. The second-order valence-electron chi connectivity index (χ2n) is 7.15. The van der Waals surface area contributed by atoms with Gasteiger partial charge in [0.2, 0.25) is 0 Å². The third-order valence-electron chi connectivity index (χ3n) is 4.50. The zero-order valence-electron chi connectivity index (χ0n) is 13.3. The minimum Gasteiger partial charge on any atom is -0.311 e. The van der Waals surface area contributed by atoms with Gasteiger partial charge >= 0.3 is 0 Å². The molecule has 1 aliphatic rings. The molecule has 0 spiro atoms. The van der Waals surface area contributed by atoms with Crippen LogP contribution in [0.2, 0.25) is 0 Å². The van der Waals surface area contributed by atoms with Crippen LogP contribution >= 0.6 is 0 Å². The number of hydrogen-bond acceptors (Lipinski definition) is 2. The first-order chi connectivity index (χ1) is 8.41. The molecule has 0 aliphatic carbocycles. The van der Waals surface area contributed by atoms with E-state index in [0.717, 1.165) is 6.54 Å². The van der Waals surface area contributed by atoms with Gasteiger partial charge in [-0.1, -0.05) is 20.3 Å². The van der Waals surface area contributed by atoms with Gasteiger partial charge in [-0.2, -0.15) is 0 Å². The molecule has 1 N–H and O–H groups in total. The Morgan fingerprint density at radius 2 is 1.50 bits per heavy atom. The van der Waals surface area contributed by atoms with E-state index in [9.17, 15) is 0 Å². The molecular weight excluding hydrogens is 220 g/mol. The maximum atomic E-state index is 3.73. The Balaban J connectivity index is 2.54. The molecule has 0 bridgehead atoms. The Labute approximate surface area is 115 Å². The van der Waals surface area contributed by atoms with Gasteiger partial charge in [0, 0.05) is 18.6 Å². The molecule has 1 aliphatic heterocycles. The normalized spacial score (nSPS) is 19.2. The lowest BCUT2D eigenvalue weighted by Crippen LogP contribution is -2.49. The first-order valence-electron chi connectivity index (χ1n) is 7.88. The molecule has 0 radical (unpaired) electrons. The second kappa shape index (κ2) is 6.91. The third-order valence-corrected chi connectivity index (χ3v) is 4.50. The van der Waals surface area contributed by atoms with Crippen molar-refractivity contribution < 1.29 is 0 Å². The van der Waals surface area contributed by atoms with Crippen LogP contribution in [0.5, 0.6) is 0 Å². The van der Waals surface area contributed by atoms with Crippen molar-refractivity contribution in [1.29, 1.82) is 0 Å². The predicted molar refractivity (Wildman–Crippen MR) is 81.1 cm³/mol. The molecular formula is C16H34N2. The Kier molecular flexibility index (Phi) is 6.13. The highest BCUT2D eigenvalue weighted by Crippen LogP contribution is 2.29. The van der Waals surface area contributed by atoms with Crippen molar-refractivity contribution in [2.75, 3.05) is 26.2 Å². The zero-order chi connectivity index (χ0) is 13.6. The first kappa shape index (κ1) is 16.0. The summed E-state index contributed by atoms with van der Waals surface area (Å²) in [5.74, 6) is 0. The van der Waals surface area contributed by atoms with Gasteiger partial charge in [0.15, 0.2) is 0 Å². The number of likely N-dealkylation sites (tertiary alicyclic amines) is 1. The van der Waals surface area contributed by atoms with Gasteiger partial charge in [-0.05, 0) is 65.0 Å². The molecule has 0 amide bonds. The zero-order valence-corrected chi connectivity index (χ0v) is 13.3. The molecule has 1 fully saturated rings. The average Bonchev–Trinajstić information content (AvgIpc) is 2.35. The van der Waals surface area contributed by atoms with Crippen LogP contribution in [-0.2, 0) is 0 Å². The lowest BCUT2D eigenvalue weighted by Gasteiger charge is -2.40. The molecule has 0 aromatic heterocycles. The van der Waals surface area contributed by atoms with E-state index in [0.29, 0.717) is 5.41 Å². The molecule has 1 rings (SSSR count). The van der Waals surface area contributed by atoms with Crippen LogP contribution in [0.3, 0.4) is 0 Å². The van der Waals surface area contributed by atoms with Gasteiger partial charge in [0.05, 0.1) is 0 Å². The highest BCUT2D eigenvalue weighted by Gasteiger charge is 2.30. The van der Waals surface area contributed by atoms with Gasteiger partial charge in [-0.3, -0.25) is 0 Å². The molecule has 0 atom stereocenters. The molecule has 2 nitrogen and oxygen atoms in total. The lowest BCUT2D eigenvalue weighted by molar-refractivity contribution is 0.110. The minimum absolute atomic E-state index is 0.234. The fraction of sp³-hybridized carbons (Fsp3) is 1.00. The van der Waals surface area contributed by atoms with E-state index in [2.05, 4.69) is 44.8 Å². The van der Waals surface area contributed by atoms with Gasteiger partial charge in [0.25, 0.3) is 0 Å². The largest absolute Gasteiger partial charge is 0.311 e. The SMILES string of the molecule is CCC(CC)(CNC(C)(C)C)CN1CCCCC1. The van der Waals surface area contributed by atoms with Crippen molar-refractivity contribution in [3.8, 4) is 0 Å². The van der Waals surface area contributed by atoms with Crippen LogP contribution in [0, 0.1) is 5.41 Å². The highest BCUT2D eigenvalue weighted by molar-refractivity contribution is 4.86. The van der Waals surface area contributed by atoms with E-state index < -0.39 is 0 Å². The van der Waals surface area contributed by atoms with Crippen LogP contribution in [0.1, 0.15) is 66.7 Å². The average molecular weight is 254 g/mol. The summed E-state index contributed by atoms with van der Waals surface area (Å²) in [6.07, 6.45) is 6.79. The van der Waals surface area contributed by atoms with E-state index in [1.54, 1.807) is 0 Å². The second-order valence-corrected chi connectivity index (χ2v) is 7.15. The van der Waals surface area contributed by atoms with E-state index >= 15 is 0 Å². The fourth-order valence-electron chi connectivity index (χ4n) is 2.82. The van der Waals surface area contributed by atoms with E-state index in [4.69, 9.17) is 0 Å². The number of piperidine rings is 1. The number of hydrogen-bond donors (Lipinski definition) is 1. The van der Waals surface area contributed by atoms with E-state index in [1.807, 2.05) is 0 Å². The van der Waals surface area contributed by atoms with Crippen molar-refractivity contribution in [1.82, 2.24) is 10.2 Å². The highest BCUT2D eigenvalue weighted by atomic mass is 15.1. The quantitative estimate of drug-likeness (QED) is 0.778. The van der Waals surface area contributed by atoms with Crippen molar-refractivity contribution in [2.45, 2.75) is 72.3 Å². The summed E-state index contributed by atoms with van der Waals surface area (Å²) >= 11 is 0. The van der Waals surface area contributed by atoms with Crippen LogP contribution in [0.15, 0.2) is 0 Å². The molecule has 2 heteroatoms. The molecule has 1 saturated heterocycles. The topological polar surface area (TPSA) is 15.3 Å². The molecule has 0 aromatic carbocycles. The molecule has 0 saturated carbocycles. The van der Waals surface area contributed by atoms with E-state index in [1.165, 1.54) is 51.7 Å². The maximum Gasteiger partial charge on any atom is 0.00967 e. The van der Waals surface area contributed by atoms with Gasteiger partial charge < -0.3 is 10.2 Å². The maximum absolute atomic E-state index is 3.73. The number of nitrogens with one attached hydrogen (secondary N) is 1. The lowest BCUT2D eigenvalue weighted by atomic mass is 9.80. The molecule has 0 aromatic rings. The monoisotopic (exact) mass is 254 g/mol. The summed E-state index contributed by atoms with van der Waals surface area (Å²) in [5, 5.41) is 3.73.